The van der Waals surface area contributed by atoms with Crippen molar-refractivity contribution in [3.63, 3.8) is 0 Å². The van der Waals surface area contributed by atoms with Crippen molar-refractivity contribution in [3.05, 3.63) is 84.6 Å². The Morgan fingerprint density at radius 2 is 1.84 bits per heavy atom. The van der Waals surface area contributed by atoms with Gasteiger partial charge in [0.1, 0.15) is 5.75 Å². The van der Waals surface area contributed by atoms with Gasteiger partial charge in [0, 0.05) is 17.3 Å². The van der Waals surface area contributed by atoms with Crippen LogP contribution in [0.15, 0.2) is 81.8 Å². The van der Waals surface area contributed by atoms with Gasteiger partial charge in [0.25, 0.3) is 11.8 Å². The number of nitrogens with zero attached hydrogens (tertiary/aromatic N) is 2. The Kier molecular flexibility index (Phi) is 6.03. The van der Waals surface area contributed by atoms with E-state index in [1.165, 1.54) is 12.3 Å². The second-order valence-corrected chi connectivity index (χ2v) is 6.39. The van der Waals surface area contributed by atoms with Gasteiger partial charge in [-0.1, -0.05) is 24.3 Å². The normalized spacial score (nSPS) is 10.5. The van der Waals surface area contributed by atoms with Gasteiger partial charge in [0.15, 0.2) is 12.4 Å². The van der Waals surface area contributed by atoms with Crippen LogP contribution >= 0.6 is 0 Å². The quantitative estimate of drug-likeness (QED) is 0.451. The Bertz CT molecular complexity index is 1160. The third-order valence-corrected chi connectivity index (χ3v) is 4.12. The summed E-state index contributed by atoms with van der Waals surface area (Å²) in [6.45, 7) is -0.120. The van der Waals surface area contributed by atoms with E-state index in [1.807, 2.05) is 30.3 Å². The molecule has 0 spiro atoms. The molecule has 156 valence electrons. The van der Waals surface area contributed by atoms with E-state index in [0.29, 0.717) is 23.2 Å². The van der Waals surface area contributed by atoms with E-state index in [1.54, 1.807) is 30.3 Å². The number of hydrogen-bond donors (Lipinski definition) is 2. The fourth-order valence-corrected chi connectivity index (χ4v) is 2.68. The number of rotatable bonds is 8. The number of carbonyl (C=O) groups is 2. The molecule has 0 radical (unpaired) electrons. The van der Waals surface area contributed by atoms with Crippen molar-refractivity contribution in [2.45, 2.75) is 6.61 Å². The molecule has 0 fully saturated rings. The molecule has 2 amide bonds. The molecule has 31 heavy (non-hydrogen) atoms. The minimum Gasteiger partial charge on any atom is -0.484 e. The van der Waals surface area contributed by atoms with Crippen molar-refractivity contribution < 1.29 is 23.2 Å². The Labute approximate surface area is 177 Å². The van der Waals surface area contributed by atoms with Crippen LogP contribution in [0.4, 0.5) is 5.69 Å². The number of furan rings is 1. The first kappa shape index (κ1) is 19.9. The summed E-state index contributed by atoms with van der Waals surface area (Å²) in [6.07, 6.45) is 1.39. The SMILES string of the molecule is O=C(CNC(=O)c1ccco1)Nc1cccc(OCc2nnc(-c3ccccc3)o2)c1. The molecule has 4 rings (SSSR count). The fourth-order valence-electron chi connectivity index (χ4n) is 2.68. The van der Waals surface area contributed by atoms with Gasteiger partial charge in [-0.05, 0) is 36.4 Å². The first-order valence-electron chi connectivity index (χ1n) is 9.39. The molecule has 2 N–H and O–H groups in total. The van der Waals surface area contributed by atoms with E-state index in [9.17, 15) is 9.59 Å². The fraction of sp³-hybridized carbons (Fsp3) is 0.0909. The van der Waals surface area contributed by atoms with Gasteiger partial charge < -0.3 is 24.2 Å². The molecule has 2 aromatic heterocycles. The lowest BCUT2D eigenvalue weighted by Crippen LogP contribution is -2.32. The lowest BCUT2D eigenvalue weighted by molar-refractivity contribution is -0.115. The van der Waals surface area contributed by atoms with Gasteiger partial charge in [-0.2, -0.15) is 0 Å². The maximum Gasteiger partial charge on any atom is 0.287 e. The highest BCUT2D eigenvalue weighted by Crippen LogP contribution is 2.20. The van der Waals surface area contributed by atoms with Crippen molar-refractivity contribution in [1.82, 2.24) is 15.5 Å². The van der Waals surface area contributed by atoms with Crippen LogP contribution in [0.2, 0.25) is 0 Å². The summed E-state index contributed by atoms with van der Waals surface area (Å²) < 4.78 is 16.3. The van der Waals surface area contributed by atoms with E-state index in [-0.39, 0.29) is 24.8 Å². The first-order chi connectivity index (χ1) is 15.2. The van der Waals surface area contributed by atoms with E-state index < -0.39 is 5.91 Å². The van der Waals surface area contributed by atoms with E-state index in [0.717, 1.165) is 5.56 Å². The van der Waals surface area contributed by atoms with Crippen molar-refractivity contribution in [2.75, 3.05) is 11.9 Å². The van der Waals surface area contributed by atoms with Crippen LogP contribution in [0.1, 0.15) is 16.4 Å². The third-order valence-electron chi connectivity index (χ3n) is 4.12. The van der Waals surface area contributed by atoms with E-state index in [2.05, 4.69) is 20.8 Å². The lowest BCUT2D eigenvalue weighted by atomic mass is 10.2. The van der Waals surface area contributed by atoms with Crippen LogP contribution in [0.3, 0.4) is 0 Å². The molecule has 0 bridgehead atoms. The zero-order valence-electron chi connectivity index (χ0n) is 16.3. The maximum atomic E-state index is 12.1. The average Bonchev–Trinajstić information content (AvgIpc) is 3.49. The molecule has 2 aromatic carbocycles. The number of ether oxygens (including phenoxy) is 1. The number of anilines is 1. The molecule has 9 nitrogen and oxygen atoms in total. The molecular weight excluding hydrogens is 400 g/mol. The topological polar surface area (TPSA) is 119 Å². The second kappa shape index (κ2) is 9.40. The van der Waals surface area contributed by atoms with Gasteiger partial charge in [-0.15, -0.1) is 10.2 Å². The maximum absolute atomic E-state index is 12.1. The molecule has 0 saturated heterocycles. The summed E-state index contributed by atoms with van der Waals surface area (Å²) in [7, 11) is 0. The molecule has 0 aliphatic carbocycles. The molecule has 9 heteroatoms. The predicted octanol–water partition coefficient (Wildman–Crippen LogP) is 3.28. The monoisotopic (exact) mass is 418 g/mol. The van der Waals surface area contributed by atoms with Gasteiger partial charge in [0.05, 0.1) is 12.8 Å². The molecule has 2 heterocycles. The summed E-state index contributed by atoms with van der Waals surface area (Å²) in [4.78, 5) is 23.9. The number of aromatic nitrogens is 2. The number of nitrogens with one attached hydrogen (secondary N) is 2. The zero-order valence-corrected chi connectivity index (χ0v) is 16.3. The zero-order chi connectivity index (χ0) is 21.5. The summed E-state index contributed by atoms with van der Waals surface area (Å²) >= 11 is 0. The van der Waals surface area contributed by atoms with Crippen molar-refractivity contribution >= 4 is 17.5 Å². The van der Waals surface area contributed by atoms with Gasteiger partial charge in [-0.25, -0.2) is 0 Å². The van der Waals surface area contributed by atoms with Gasteiger partial charge in [0.2, 0.25) is 11.8 Å². The van der Waals surface area contributed by atoms with Crippen LogP contribution in [0, 0.1) is 0 Å². The molecular formula is C22H18N4O5. The summed E-state index contributed by atoms with van der Waals surface area (Å²) in [5.74, 6) is 0.537. The summed E-state index contributed by atoms with van der Waals surface area (Å²) in [6, 6.07) is 19.4. The highest BCUT2D eigenvalue weighted by atomic mass is 16.5. The van der Waals surface area contributed by atoms with Gasteiger partial charge in [-0.3, -0.25) is 9.59 Å². The molecule has 0 unspecified atom stereocenters. The Balaban J connectivity index is 1.29. The largest absolute Gasteiger partial charge is 0.484 e. The number of benzene rings is 2. The Hall–Kier alpha value is -4.40. The lowest BCUT2D eigenvalue weighted by Gasteiger charge is -2.08. The van der Waals surface area contributed by atoms with E-state index >= 15 is 0 Å². The van der Waals surface area contributed by atoms with Crippen molar-refractivity contribution in [2.24, 2.45) is 0 Å². The van der Waals surface area contributed by atoms with Crippen LogP contribution < -0.4 is 15.4 Å². The van der Waals surface area contributed by atoms with Crippen LogP contribution in [0.5, 0.6) is 5.75 Å². The Morgan fingerprint density at radius 3 is 2.65 bits per heavy atom. The summed E-state index contributed by atoms with van der Waals surface area (Å²) in [5, 5.41) is 13.2. The summed E-state index contributed by atoms with van der Waals surface area (Å²) in [5.41, 5.74) is 1.34. The van der Waals surface area contributed by atoms with Crippen molar-refractivity contribution in [1.29, 1.82) is 0 Å². The highest BCUT2D eigenvalue weighted by molar-refractivity contribution is 5.98. The first-order valence-corrected chi connectivity index (χ1v) is 9.39. The molecule has 0 saturated carbocycles. The van der Waals surface area contributed by atoms with Gasteiger partial charge >= 0.3 is 0 Å². The molecule has 0 aliphatic heterocycles. The van der Waals surface area contributed by atoms with E-state index in [4.69, 9.17) is 13.6 Å². The number of carbonyl (C=O) groups excluding carboxylic acids is 2. The minimum atomic E-state index is -0.466. The standard InChI is InChI=1S/C22H18N4O5/c27-19(13-23-21(28)18-10-5-11-29-18)24-16-8-4-9-17(12-16)30-14-20-25-26-22(31-20)15-6-2-1-3-7-15/h1-12H,13-14H2,(H,23,28)(H,24,27). The molecule has 0 aliphatic rings. The average molecular weight is 418 g/mol. The second-order valence-electron chi connectivity index (χ2n) is 6.39. The number of amides is 2. The van der Waals surface area contributed by atoms with Crippen LogP contribution in [0.25, 0.3) is 11.5 Å². The number of hydrogen-bond acceptors (Lipinski definition) is 7. The minimum absolute atomic E-state index is 0.0798. The Morgan fingerprint density at radius 1 is 0.968 bits per heavy atom. The molecule has 0 atom stereocenters. The van der Waals surface area contributed by atoms with Crippen LogP contribution in [-0.2, 0) is 11.4 Å². The van der Waals surface area contributed by atoms with Crippen molar-refractivity contribution in [3.8, 4) is 17.2 Å². The predicted molar refractivity (Wildman–Crippen MR) is 110 cm³/mol. The highest BCUT2D eigenvalue weighted by Gasteiger charge is 2.11. The third kappa shape index (κ3) is 5.36. The van der Waals surface area contributed by atoms with Crippen LogP contribution in [-0.4, -0.2) is 28.6 Å². The molecule has 4 aromatic rings. The smallest absolute Gasteiger partial charge is 0.287 e.